The Morgan fingerprint density at radius 2 is 1.86 bits per heavy atom. The second-order valence-electron chi connectivity index (χ2n) is 5.86. The van der Waals surface area contributed by atoms with Crippen molar-refractivity contribution in [1.82, 2.24) is 19.5 Å². The molecule has 2 heterocycles. The Labute approximate surface area is 179 Å². The highest BCUT2D eigenvalue weighted by Gasteiger charge is 2.35. The molecule has 0 atom stereocenters. The van der Waals surface area contributed by atoms with Crippen LogP contribution in [0.25, 0.3) is 22.8 Å². The van der Waals surface area contributed by atoms with E-state index in [1.54, 1.807) is 36.0 Å². The Hall–Kier alpha value is -1.81. The maximum atomic E-state index is 13.2. The molecule has 3 aromatic rings. The number of benzene rings is 1. The monoisotopic (exact) mass is 462 g/mol. The van der Waals surface area contributed by atoms with Gasteiger partial charge in [-0.15, -0.1) is 0 Å². The number of aromatic nitrogens is 4. The van der Waals surface area contributed by atoms with E-state index in [0.29, 0.717) is 27.9 Å². The van der Waals surface area contributed by atoms with Gasteiger partial charge in [-0.25, -0.2) is 15.0 Å². The molecule has 154 valence electrons. The van der Waals surface area contributed by atoms with Crippen LogP contribution in [0.15, 0.2) is 36.8 Å². The van der Waals surface area contributed by atoms with Gasteiger partial charge in [0, 0.05) is 17.5 Å². The van der Waals surface area contributed by atoms with Gasteiger partial charge in [-0.2, -0.15) is 24.9 Å². The van der Waals surface area contributed by atoms with Crippen LogP contribution in [-0.2, 0) is 17.6 Å². The van der Waals surface area contributed by atoms with E-state index in [9.17, 15) is 13.2 Å². The number of ether oxygens (including phenoxy) is 1. The highest BCUT2D eigenvalue weighted by atomic mass is 35.5. The number of halogens is 5. The standard InChI is InChI=1S/C18H15Cl2F3N4OS/c1-29-5-4-28-10-27-8-16(18(21,22)23)26-17(27)15-7-14(24-9-25-15)11-2-3-12(19)13(20)6-11/h2-3,6-9H,4-5,10H2,1H3. The summed E-state index contributed by atoms with van der Waals surface area (Å²) in [5.41, 5.74) is 0.328. The lowest BCUT2D eigenvalue weighted by molar-refractivity contribution is -0.141. The molecule has 3 rings (SSSR count). The van der Waals surface area contributed by atoms with E-state index in [1.165, 1.54) is 10.9 Å². The Balaban J connectivity index is 1.98. The predicted octanol–water partition coefficient (Wildman–Crippen LogP) is 5.67. The van der Waals surface area contributed by atoms with Gasteiger partial charge in [-0.1, -0.05) is 29.3 Å². The first-order chi connectivity index (χ1) is 13.8. The Morgan fingerprint density at radius 1 is 1.10 bits per heavy atom. The van der Waals surface area contributed by atoms with E-state index >= 15 is 0 Å². The van der Waals surface area contributed by atoms with Gasteiger partial charge in [0.25, 0.3) is 0 Å². The van der Waals surface area contributed by atoms with Gasteiger partial charge in [-0.3, -0.25) is 0 Å². The molecule has 0 aliphatic heterocycles. The summed E-state index contributed by atoms with van der Waals surface area (Å²) < 4.78 is 46.3. The zero-order chi connectivity index (χ0) is 21.0. The second kappa shape index (κ2) is 9.34. The third-order valence-electron chi connectivity index (χ3n) is 3.84. The second-order valence-corrected chi connectivity index (χ2v) is 7.66. The highest BCUT2D eigenvalue weighted by Crippen LogP contribution is 2.32. The molecule has 5 nitrogen and oxygen atoms in total. The van der Waals surface area contributed by atoms with Crippen molar-refractivity contribution in [3.63, 3.8) is 0 Å². The topological polar surface area (TPSA) is 52.8 Å². The van der Waals surface area contributed by atoms with Crippen LogP contribution in [-0.4, -0.2) is 38.1 Å². The summed E-state index contributed by atoms with van der Waals surface area (Å²) in [6.45, 7) is 0.323. The molecule has 0 saturated carbocycles. The van der Waals surface area contributed by atoms with Gasteiger partial charge >= 0.3 is 6.18 Å². The molecule has 0 spiro atoms. The zero-order valence-corrected chi connectivity index (χ0v) is 17.4. The van der Waals surface area contributed by atoms with Crippen molar-refractivity contribution in [3.05, 3.63) is 52.5 Å². The van der Waals surface area contributed by atoms with Crippen molar-refractivity contribution in [2.75, 3.05) is 18.6 Å². The molecule has 0 aliphatic carbocycles. The number of hydrogen-bond acceptors (Lipinski definition) is 5. The minimum Gasteiger partial charge on any atom is -0.360 e. The molecular formula is C18H15Cl2F3N4OS. The van der Waals surface area contributed by atoms with E-state index in [1.807, 2.05) is 6.26 Å². The van der Waals surface area contributed by atoms with Crippen molar-refractivity contribution >= 4 is 35.0 Å². The fourth-order valence-electron chi connectivity index (χ4n) is 2.45. The van der Waals surface area contributed by atoms with Crippen LogP contribution < -0.4 is 0 Å². The van der Waals surface area contributed by atoms with Gasteiger partial charge in [0.05, 0.1) is 22.3 Å². The Kier molecular flexibility index (Phi) is 7.05. The number of hydrogen-bond donors (Lipinski definition) is 0. The fraction of sp³-hybridized carbons (Fsp3) is 0.278. The summed E-state index contributed by atoms with van der Waals surface area (Å²) in [4.78, 5) is 12.0. The summed E-state index contributed by atoms with van der Waals surface area (Å²) in [6.07, 6.45) is -0.499. The number of nitrogens with zero attached hydrogens (tertiary/aromatic N) is 4. The van der Waals surface area contributed by atoms with E-state index in [2.05, 4.69) is 15.0 Å². The van der Waals surface area contributed by atoms with Crippen LogP contribution in [0.5, 0.6) is 0 Å². The van der Waals surface area contributed by atoms with Gasteiger partial charge in [0.15, 0.2) is 11.5 Å². The quantitative estimate of drug-likeness (QED) is 0.423. The summed E-state index contributed by atoms with van der Waals surface area (Å²) in [7, 11) is 0. The predicted molar refractivity (Wildman–Crippen MR) is 108 cm³/mol. The summed E-state index contributed by atoms with van der Waals surface area (Å²) in [6, 6.07) is 6.48. The lowest BCUT2D eigenvalue weighted by Crippen LogP contribution is -2.07. The molecule has 0 unspecified atom stereocenters. The molecule has 1 aromatic carbocycles. The molecular weight excluding hydrogens is 448 g/mol. The van der Waals surface area contributed by atoms with Crippen molar-refractivity contribution in [2.45, 2.75) is 12.9 Å². The molecule has 0 N–H and O–H groups in total. The zero-order valence-electron chi connectivity index (χ0n) is 15.1. The minimum atomic E-state index is -4.58. The Morgan fingerprint density at radius 3 is 2.55 bits per heavy atom. The molecule has 0 amide bonds. The van der Waals surface area contributed by atoms with Crippen LogP contribution >= 0.6 is 35.0 Å². The molecule has 11 heteroatoms. The van der Waals surface area contributed by atoms with Crippen molar-refractivity contribution < 1.29 is 17.9 Å². The average molecular weight is 463 g/mol. The first kappa shape index (κ1) is 21.9. The number of imidazole rings is 1. The molecule has 0 fully saturated rings. The van der Waals surface area contributed by atoms with E-state index in [0.717, 1.165) is 11.9 Å². The molecule has 2 aromatic heterocycles. The lowest BCUT2D eigenvalue weighted by Gasteiger charge is -2.09. The van der Waals surface area contributed by atoms with Crippen LogP contribution in [0.1, 0.15) is 5.69 Å². The molecule has 0 radical (unpaired) electrons. The average Bonchev–Trinajstić information content (AvgIpc) is 3.12. The SMILES string of the molecule is CSCCOCn1cc(C(F)(F)F)nc1-c1cc(-c2ccc(Cl)c(Cl)c2)ncn1. The Bertz CT molecular complexity index is 997. The largest absolute Gasteiger partial charge is 0.434 e. The van der Waals surface area contributed by atoms with Crippen LogP contribution in [0.3, 0.4) is 0 Å². The smallest absolute Gasteiger partial charge is 0.360 e. The maximum Gasteiger partial charge on any atom is 0.434 e. The fourth-order valence-corrected chi connectivity index (χ4v) is 3.04. The normalized spacial score (nSPS) is 11.8. The van der Waals surface area contributed by atoms with Crippen LogP contribution in [0.2, 0.25) is 10.0 Å². The van der Waals surface area contributed by atoms with Gasteiger partial charge in [-0.05, 0) is 24.5 Å². The van der Waals surface area contributed by atoms with Crippen LogP contribution in [0, 0.1) is 0 Å². The number of rotatable bonds is 7. The molecule has 0 bridgehead atoms. The van der Waals surface area contributed by atoms with Crippen molar-refractivity contribution in [3.8, 4) is 22.8 Å². The first-order valence-electron chi connectivity index (χ1n) is 8.28. The van der Waals surface area contributed by atoms with Gasteiger partial charge in [0.2, 0.25) is 0 Å². The summed E-state index contributed by atoms with van der Waals surface area (Å²) in [5, 5.41) is 0.727. The van der Waals surface area contributed by atoms with E-state index < -0.39 is 11.9 Å². The van der Waals surface area contributed by atoms with E-state index in [-0.39, 0.29) is 18.2 Å². The van der Waals surface area contributed by atoms with E-state index in [4.69, 9.17) is 27.9 Å². The number of thioether (sulfide) groups is 1. The van der Waals surface area contributed by atoms with Gasteiger partial charge in [0.1, 0.15) is 18.8 Å². The lowest BCUT2D eigenvalue weighted by atomic mass is 10.1. The maximum absolute atomic E-state index is 13.2. The number of alkyl halides is 3. The molecule has 29 heavy (non-hydrogen) atoms. The first-order valence-corrected chi connectivity index (χ1v) is 10.4. The van der Waals surface area contributed by atoms with Gasteiger partial charge < -0.3 is 9.30 Å². The summed E-state index contributed by atoms with van der Waals surface area (Å²) in [5.74, 6) is 0.760. The molecule has 0 aliphatic rings. The van der Waals surface area contributed by atoms with Crippen molar-refractivity contribution in [2.24, 2.45) is 0 Å². The van der Waals surface area contributed by atoms with Crippen molar-refractivity contribution in [1.29, 1.82) is 0 Å². The highest BCUT2D eigenvalue weighted by molar-refractivity contribution is 7.98. The summed E-state index contributed by atoms with van der Waals surface area (Å²) >= 11 is 13.6. The molecule has 0 saturated heterocycles. The third kappa shape index (κ3) is 5.42. The third-order valence-corrected chi connectivity index (χ3v) is 5.15. The van der Waals surface area contributed by atoms with Crippen LogP contribution in [0.4, 0.5) is 13.2 Å². The minimum absolute atomic E-state index is 0.0326.